The summed E-state index contributed by atoms with van der Waals surface area (Å²) in [6.07, 6.45) is 0.862. The van der Waals surface area contributed by atoms with Crippen LogP contribution < -0.4 is 14.8 Å². The van der Waals surface area contributed by atoms with E-state index in [1.165, 1.54) is 5.56 Å². The van der Waals surface area contributed by atoms with Crippen LogP contribution in [0.3, 0.4) is 0 Å². The molecule has 5 rings (SSSR count). The van der Waals surface area contributed by atoms with Crippen molar-refractivity contribution >= 4 is 16.8 Å². The van der Waals surface area contributed by atoms with Crippen molar-refractivity contribution in [3.8, 4) is 22.8 Å². The highest BCUT2D eigenvalue weighted by molar-refractivity contribution is 6.00. The number of carbonyl (C=O) groups is 1. The number of benzene rings is 2. The highest BCUT2D eigenvalue weighted by Gasteiger charge is 2.38. The van der Waals surface area contributed by atoms with Crippen LogP contribution in [0.4, 0.5) is 0 Å². The maximum Gasteiger partial charge on any atom is 0.253 e. The van der Waals surface area contributed by atoms with Crippen molar-refractivity contribution in [1.82, 2.24) is 15.2 Å². The molecular formula is C25H29N3O3. The average molecular weight is 420 g/mol. The molecule has 2 unspecified atom stereocenters. The number of ether oxygens (including phenoxy) is 2. The number of likely N-dealkylation sites (tertiary alicyclic amines) is 1. The monoisotopic (exact) mass is 419 g/mol. The van der Waals surface area contributed by atoms with E-state index in [0.717, 1.165) is 60.3 Å². The summed E-state index contributed by atoms with van der Waals surface area (Å²) in [7, 11) is 3.29. The molecule has 2 aliphatic rings. The molecule has 0 spiro atoms. The summed E-state index contributed by atoms with van der Waals surface area (Å²) in [5.41, 5.74) is 5.12. The molecule has 2 fully saturated rings. The third kappa shape index (κ3) is 3.35. The van der Waals surface area contributed by atoms with E-state index in [-0.39, 0.29) is 5.91 Å². The average Bonchev–Trinajstić information content (AvgIpc) is 3.50. The lowest BCUT2D eigenvalue weighted by Crippen LogP contribution is -2.31. The van der Waals surface area contributed by atoms with Gasteiger partial charge in [-0.05, 0) is 60.2 Å². The maximum absolute atomic E-state index is 13.2. The second kappa shape index (κ2) is 7.93. The number of aromatic nitrogens is 1. The first kappa shape index (κ1) is 19.9. The predicted octanol–water partition coefficient (Wildman–Crippen LogP) is 3.71. The summed E-state index contributed by atoms with van der Waals surface area (Å²) in [5.74, 6) is 2.75. The van der Waals surface area contributed by atoms with Crippen molar-refractivity contribution in [2.24, 2.45) is 11.8 Å². The van der Waals surface area contributed by atoms with E-state index in [1.54, 1.807) is 14.2 Å². The minimum absolute atomic E-state index is 0.146. The van der Waals surface area contributed by atoms with Gasteiger partial charge < -0.3 is 24.7 Å². The largest absolute Gasteiger partial charge is 0.493 e. The number of aryl methyl sites for hydroxylation is 1. The fourth-order valence-corrected chi connectivity index (χ4v) is 5.19. The Morgan fingerprint density at radius 3 is 2.45 bits per heavy atom. The molecule has 0 saturated carbocycles. The van der Waals surface area contributed by atoms with Crippen LogP contribution in [0.1, 0.15) is 22.8 Å². The molecule has 2 N–H and O–H groups in total. The van der Waals surface area contributed by atoms with Crippen molar-refractivity contribution in [1.29, 1.82) is 0 Å². The molecule has 1 amide bonds. The number of H-pyrrole nitrogens is 1. The summed E-state index contributed by atoms with van der Waals surface area (Å²) in [6, 6.07) is 12.0. The lowest BCUT2D eigenvalue weighted by Gasteiger charge is -2.17. The molecule has 0 bridgehead atoms. The van der Waals surface area contributed by atoms with Gasteiger partial charge in [0.05, 0.1) is 14.2 Å². The molecule has 162 valence electrons. The number of nitrogens with one attached hydrogen (secondary N) is 2. The molecule has 1 aromatic heterocycles. The first-order valence-electron chi connectivity index (χ1n) is 11.0. The summed E-state index contributed by atoms with van der Waals surface area (Å²) in [4.78, 5) is 18.8. The lowest BCUT2D eigenvalue weighted by molar-refractivity contribution is 0.0782. The quantitative estimate of drug-likeness (QED) is 0.662. The summed E-state index contributed by atoms with van der Waals surface area (Å²) >= 11 is 0. The van der Waals surface area contributed by atoms with E-state index in [1.807, 2.05) is 35.2 Å². The molecule has 2 saturated heterocycles. The van der Waals surface area contributed by atoms with Gasteiger partial charge in [-0.3, -0.25) is 4.79 Å². The Morgan fingerprint density at radius 2 is 1.77 bits per heavy atom. The molecule has 3 heterocycles. The Morgan fingerprint density at radius 1 is 1.03 bits per heavy atom. The Bertz CT molecular complexity index is 1120. The first-order chi connectivity index (χ1) is 15.1. The zero-order valence-corrected chi connectivity index (χ0v) is 18.3. The summed E-state index contributed by atoms with van der Waals surface area (Å²) in [6.45, 7) is 5.92. The highest BCUT2D eigenvalue weighted by Crippen LogP contribution is 2.37. The first-order valence-corrected chi connectivity index (χ1v) is 11.0. The van der Waals surface area contributed by atoms with Gasteiger partial charge in [-0.15, -0.1) is 0 Å². The third-order valence-corrected chi connectivity index (χ3v) is 6.86. The Kier molecular flexibility index (Phi) is 5.10. The number of fused-ring (bicyclic) bond motifs is 2. The number of hydrogen-bond donors (Lipinski definition) is 2. The lowest BCUT2D eigenvalue weighted by atomic mass is 10.0. The number of nitrogens with zero attached hydrogens (tertiary/aromatic N) is 1. The van der Waals surface area contributed by atoms with Gasteiger partial charge in [0, 0.05) is 53.9 Å². The van der Waals surface area contributed by atoms with Crippen LogP contribution in [0.25, 0.3) is 22.2 Å². The minimum atomic E-state index is 0.146. The summed E-state index contributed by atoms with van der Waals surface area (Å²) in [5, 5.41) is 4.55. The van der Waals surface area contributed by atoms with Crippen molar-refractivity contribution in [3.05, 3.63) is 47.5 Å². The van der Waals surface area contributed by atoms with Gasteiger partial charge >= 0.3 is 0 Å². The molecule has 3 aromatic rings. The molecule has 2 aromatic carbocycles. The van der Waals surface area contributed by atoms with E-state index in [4.69, 9.17) is 9.47 Å². The van der Waals surface area contributed by atoms with Gasteiger partial charge in [-0.1, -0.05) is 6.92 Å². The SMILES string of the molecule is CCc1c(-c2ccc(OC)c(OC)c2)[nH]c2ccc(C(=O)N3CC4CNCC4C3)cc12. The second-order valence-electron chi connectivity index (χ2n) is 8.55. The smallest absolute Gasteiger partial charge is 0.253 e. The van der Waals surface area contributed by atoms with Gasteiger partial charge in [0.15, 0.2) is 11.5 Å². The van der Waals surface area contributed by atoms with Crippen LogP contribution in [0, 0.1) is 11.8 Å². The van der Waals surface area contributed by atoms with Crippen LogP contribution in [-0.4, -0.2) is 56.2 Å². The molecule has 31 heavy (non-hydrogen) atoms. The zero-order chi connectivity index (χ0) is 21.5. The molecule has 2 atom stereocenters. The number of hydrogen-bond acceptors (Lipinski definition) is 4. The van der Waals surface area contributed by atoms with E-state index >= 15 is 0 Å². The van der Waals surface area contributed by atoms with E-state index in [0.29, 0.717) is 23.3 Å². The molecule has 2 aliphatic heterocycles. The normalized spacial score (nSPS) is 20.3. The standard InChI is InChI=1S/C25H29N3O3/c1-4-19-20-9-16(25(29)28-13-17-11-26-12-18(17)14-28)5-7-21(20)27-24(19)15-6-8-22(30-2)23(10-15)31-3/h5-10,17-18,26-27H,4,11-14H2,1-3H3. The molecule has 0 radical (unpaired) electrons. The molecule has 6 heteroatoms. The predicted molar refractivity (Wildman–Crippen MR) is 122 cm³/mol. The number of aromatic amines is 1. The van der Waals surface area contributed by atoms with E-state index < -0.39 is 0 Å². The van der Waals surface area contributed by atoms with Gasteiger partial charge in [0.25, 0.3) is 5.91 Å². The van der Waals surface area contributed by atoms with Crippen molar-refractivity contribution in [2.75, 3.05) is 40.4 Å². The van der Waals surface area contributed by atoms with E-state index in [9.17, 15) is 4.79 Å². The number of amides is 1. The maximum atomic E-state index is 13.2. The number of methoxy groups -OCH3 is 2. The van der Waals surface area contributed by atoms with Gasteiger partial charge in [-0.2, -0.15) is 0 Å². The summed E-state index contributed by atoms with van der Waals surface area (Å²) < 4.78 is 10.9. The fourth-order valence-electron chi connectivity index (χ4n) is 5.19. The van der Waals surface area contributed by atoms with Crippen molar-refractivity contribution in [3.63, 3.8) is 0 Å². The highest BCUT2D eigenvalue weighted by atomic mass is 16.5. The van der Waals surface area contributed by atoms with Crippen LogP contribution in [0.2, 0.25) is 0 Å². The van der Waals surface area contributed by atoms with Crippen LogP contribution in [-0.2, 0) is 6.42 Å². The second-order valence-corrected chi connectivity index (χ2v) is 8.55. The number of rotatable bonds is 5. The third-order valence-electron chi connectivity index (χ3n) is 6.86. The van der Waals surface area contributed by atoms with E-state index in [2.05, 4.69) is 23.3 Å². The molecule has 6 nitrogen and oxygen atoms in total. The minimum Gasteiger partial charge on any atom is -0.493 e. The Hall–Kier alpha value is -2.99. The van der Waals surface area contributed by atoms with Gasteiger partial charge in [0.1, 0.15) is 0 Å². The number of carbonyl (C=O) groups excluding carboxylic acids is 1. The van der Waals surface area contributed by atoms with Crippen LogP contribution in [0.5, 0.6) is 11.5 Å². The Labute approximate surface area is 182 Å². The Balaban J connectivity index is 1.50. The van der Waals surface area contributed by atoms with Crippen molar-refractivity contribution in [2.45, 2.75) is 13.3 Å². The van der Waals surface area contributed by atoms with Crippen LogP contribution in [0.15, 0.2) is 36.4 Å². The van der Waals surface area contributed by atoms with Gasteiger partial charge in [-0.25, -0.2) is 0 Å². The van der Waals surface area contributed by atoms with Gasteiger partial charge in [0.2, 0.25) is 0 Å². The van der Waals surface area contributed by atoms with Crippen molar-refractivity contribution < 1.29 is 14.3 Å². The topological polar surface area (TPSA) is 66.6 Å². The fraction of sp³-hybridized carbons (Fsp3) is 0.400. The molecular weight excluding hydrogens is 390 g/mol. The van der Waals surface area contributed by atoms with Crippen LogP contribution >= 0.6 is 0 Å². The zero-order valence-electron chi connectivity index (χ0n) is 18.3. The molecule has 0 aliphatic carbocycles.